The summed E-state index contributed by atoms with van der Waals surface area (Å²) in [4.78, 5) is 132. The van der Waals surface area contributed by atoms with Gasteiger partial charge in [0, 0.05) is 32.5 Å². The minimum Gasteiger partial charge on any atom is -0.394 e. The van der Waals surface area contributed by atoms with Gasteiger partial charge in [0.2, 0.25) is 53.2 Å². The number of rotatable bonds is 9. The fourth-order valence-corrected chi connectivity index (χ4v) is 9.80. The number of nitrogens with one attached hydrogen (secondary N) is 6. The Morgan fingerprint density at radius 3 is 1.33 bits per heavy atom. The number of benzene rings is 2. The van der Waals surface area contributed by atoms with Crippen molar-refractivity contribution in [1.29, 1.82) is 0 Å². The lowest BCUT2D eigenvalue weighted by Crippen LogP contribution is -2.60. The van der Waals surface area contributed by atoms with Crippen molar-refractivity contribution in [2.45, 2.75) is 140 Å². The molecule has 0 aromatic heterocycles. The van der Waals surface area contributed by atoms with Crippen molar-refractivity contribution in [1.82, 2.24) is 46.6 Å². The highest BCUT2D eigenvalue weighted by atomic mass is 16.3. The molecule has 4 fully saturated rings. The average Bonchev–Trinajstić information content (AvgIpc) is 4.14. The Kier molecular flexibility index (Phi) is 18.3. The fraction of sp³-hybridized carbons (Fsp3) is 0.580. The molecule has 4 heterocycles. The largest absolute Gasteiger partial charge is 0.394 e. The third-order valence-electron chi connectivity index (χ3n) is 13.2. The van der Waals surface area contributed by atoms with Gasteiger partial charge in [-0.1, -0.05) is 88.4 Å². The van der Waals surface area contributed by atoms with Crippen molar-refractivity contribution in [2.75, 3.05) is 32.8 Å². The summed E-state index contributed by atoms with van der Waals surface area (Å²) in [7, 11) is 0. The predicted octanol–water partition coefficient (Wildman–Crippen LogP) is 0.0831. The van der Waals surface area contributed by atoms with Gasteiger partial charge >= 0.3 is 0 Å². The van der Waals surface area contributed by atoms with E-state index in [4.69, 9.17) is 0 Å². The minimum absolute atomic E-state index is 0.0149. The van der Waals surface area contributed by atoms with Gasteiger partial charge in [0.05, 0.1) is 13.2 Å². The van der Waals surface area contributed by atoms with Gasteiger partial charge < -0.3 is 51.7 Å². The Balaban J connectivity index is 1.34. The molecule has 69 heavy (non-hydrogen) atoms. The molecule has 2 aromatic carbocycles. The molecule has 0 spiro atoms. The van der Waals surface area contributed by atoms with Crippen LogP contribution in [0.2, 0.25) is 0 Å². The highest BCUT2D eigenvalue weighted by Crippen LogP contribution is 2.27. The van der Waals surface area contributed by atoms with E-state index < -0.39 is 115 Å². The summed E-state index contributed by atoms with van der Waals surface area (Å²) < 4.78 is 0. The van der Waals surface area contributed by atoms with E-state index in [1.165, 1.54) is 14.7 Å². The van der Waals surface area contributed by atoms with Crippen LogP contribution in [0.3, 0.4) is 0 Å². The second-order valence-electron chi connectivity index (χ2n) is 19.5. The zero-order valence-corrected chi connectivity index (χ0v) is 40.1. The van der Waals surface area contributed by atoms with E-state index in [0.29, 0.717) is 37.7 Å². The minimum atomic E-state index is -1.53. The molecule has 4 aliphatic rings. The van der Waals surface area contributed by atoms with Crippen molar-refractivity contribution in [2.24, 2.45) is 11.8 Å². The summed E-state index contributed by atoms with van der Waals surface area (Å²) in [5.74, 6) is -5.86. The Morgan fingerprint density at radius 2 is 0.870 bits per heavy atom. The molecule has 9 amide bonds. The zero-order valence-electron chi connectivity index (χ0n) is 40.1. The van der Waals surface area contributed by atoms with Gasteiger partial charge in [-0.15, -0.1) is 0 Å². The molecule has 7 N–H and O–H groups in total. The first-order valence-electron chi connectivity index (χ1n) is 24.4. The summed E-state index contributed by atoms with van der Waals surface area (Å²) in [5.41, 5.74) is 1.42. The van der Waals surface area contributed by atoms with Crippen LogP contribution in [-0.2, 0) is 56.0 Å². The van der Waals surface area contributed by atoms with Crippen LogP contribution in [0.25, 0.3) is 0 Å². The van der Waals surface area contributed by atoms with Crippen molar-refractivity contribution in [3.63, 3.8) is 0 Å². The van der Waals surface area contributed by atoms with E-state index in [0.717, 1.165) is 5.56 Å². The smallest absolute Gasteiger partial charge is 0.246 e. The average molecular weight is 956 g/mol. The lowest BCUT2D eigenvalue weighted by Gasteiger charge is -2.34. The Hall–Kier alpha value is -6.37. The number of aliphatic hydroxyl groups excluding tert-OH is 1. The molecule has 0 aliphatic carbocycles. The summed E-state index contributed by atoms with van der Waals surface area (Å²) in [6.07, 6.45) is 2.77. The van der Waals surface area contributed by atoms with Gasteiger partial charge in [-0.25, -0.2) is 0 Å². The topological polar surface area (TPSA) is 256 Å². The molecular weight excluding hydrogens is 887 g/mol. The van der Waals surface area contributed by atoms with Crippen LogP contribution < -0.4 is 31.9 Å². The number of fused-ring (bicyclic) bond motifs is 3. The normalized spacial score (nSPS) is 27.5. The van der Waals surface area contributed by atoms with E-state index in [9.17, 15) is 48.3 Å². The standard InChI is InChI=1S/C50H69N9O10/c1-30(2)24-34-44(63)55-36(26-32-14-7-5-8-15-32)48(67)57-21-11-18-39(57)46(65)51-28-42(61)52-38(29-60)45(64)56-37(27-33-16-9-6-10-17-33)49(68)59-23-13-20-41(59)50(69)58-22-12-19-40(58)47(66)54-35(25-31(3)4)43(62)53-34/h5-10,14-17,30-31,34-41,60H,11-13,18-29H2,1-4H3,(H,51,65)(H,52,61)(H,53,62)(H,54,66)(H,55,63)(H,56,64). The van der Waals surface area contributed by atoms with Crippen molar-refractivity contribution in [3.8, 4) is 0 Å². The second-order valence-corrected chi connectivity index (χ2v) is 19.5. The molecule has 2 aromatic rings. The highest BCUT2D eigenvalue weighted by molar-refractivity contribution is 5.99. The van der Waals surface area contributed by atoms with Crippen molar-refractivity contribution < 1.29 is 48.3 Å². The molecule has 19 heteroatoms. The van der Waals surface area contributed by atoms with Crippen molar-refractivity contribution >= 4 is 53.2 Å². The van der Waals surface area contributed by atoms with Crippen LogP contribution in [-0.4, -0.2) is 154 Å². The molecule has 4 aliphatic heterocycles. The van der Waals surface area contributed by atoms with Gasteiger partial charge in [0.15, 0.2) is 0 Å². The van der Waals surface area contributed by atoms with Gasteiger partial charge in [-0.05, 0) is 74.3 Å². The lowest BCUT2D eigenvalue weighted by atomic mass is 9.98. The maximum absolute atomic E-state index is 14.5. The maximum atomic E-state index is 14.5. The zero-order chi connectivity index (χ0) is 49.8. The number of hydrogen-bond donors (Lipinski definition) is 7. The van der Waals surface area contributed by atoms with Crippen molar-refractivity contribution in [3.05, 3.63) is 71.8 Å². The molecule has 0 bridgehead atoms. The highest BCUT2D eigenvalue weighted by Gasteiger charge is 2.45. The predicted molar refractivity (Wildman–Crippen MR) is 253 cm³/mol. The van der Waals surface area contributed by atoms with E-state index in [-0.39, 0.29) is 63.6 Å². The van der Waals surface area contributed by atoms with Crippen LogP contribution >= 0.6 is 0 Å². The number of carbonyl (C=O) groups excluding carboxylic acids is 9. The van der Waals surface area contributed by atoms with E-state index in [2.05, 4.69) is 31.9 Å². The molecule has 0 saturated carbocycles. The third kappa shape index (κ3) is 13.7. The third-order valence-corrected chi connectivity index (χ3v) is 13.2. The number of carbonyl (C=O) groups is 9. The summed E-state index contributed by atoms with van der Waals surface area (Å²) in [6.45, 7) is 6.71. The number of amides is 9. The molecular formula is C50H69N9O10. The quantitative estimate of drug-likeness (QED) is 0.178. The Labute approximate surface area is 403 Å². The summed E-state index contributed by atoms with van der Waals surface area (Å²) in [5, 5.41) is 26.6. The van der Waals surface area contributed by atoms with Crippen LogP contribution in [0.4, 0.5) is 0 Å². The molecule has 8 unspecified atom stereocenters. The fourth-order valence-electron chi connectivity index (χ4n) is 9.80. The van der Waals surface area contributed by atoms with Gasteiger partial charge in [-0.2, -0.15) is 0 Å². The van der Waals surface area contributed by atoms with Gasteiger partial charge in [-0.3, -0.25) is 43.2 Å². The Morgan fingerprint density at radius 1 is 0.478 bits per heavy atom. The first kappa shape index (κ1) is 52.0. The molecule has 4 saturated heterocycles. The number of nitrogens with zero attached hydrogens (tertiary/aromatic N) is 3. The Bertz CT molecular complexity index is 2170. The molecule has 0 radical (unpaired) electrons. The van der Waals surface area contributed by atoms with Crippen LogP contribution in [0, 0.1) is 11.8 Å². The van der Waals surface area contributed by atoms with Crippen LogP contribution in [0.5, 0.6) is 0 Å². The number of hydrogen-bond acceptors (Lipinski definition) is 10. The van der Waals surface area contributed by atoms with Crippen LogP contribution in [0.1, 0.15) is 90.2 Å². The molecule has 374 valence electrons. The maximum Gasteiger partial charge on any atom is 0.246 e. The molecule has 19 nitrogen and oxygen atoms in total. The molecule has 6 rings (SSSR count). The van der Waals surface area contributed by atoms with E-state index in [1.807, 2.05) is 33.8 Å². The molecule has 8 atom stereocenters. The number of aliphatic hydroxyl groups is 1. The van der Waals surface area contributed by atoms with E-state index >= 15 is 0 Å². The first-order chi connectivity index (χ1) is 33.0. The summed E-state index contributed by atoms with van der Waals surface area (Å²) in [6, 6.07) is 8.86. The monoisotopic (exact) mass is 956 g/mol. The first-order valence-corrected chi connectivity index (χ1v) is 24.4. The van der Waals surface area contributed by atoms with Crippen LogP contribution in [0.15, 0.2) is 60.7 Å². The SMILES string of the molecule is CC(C)CC1NC(=O)C(CC(C)C)NC(=O)C2CCCN2C(=O)C2CCCN2C(=O)C(Cc2ccccc2)NC(=O)C(CO)NC(=O)CNC(=O)C2CCCN2C(=O)C(Cc2ccccc2)NC1=O. The lowest BCUT2D eigenvalue weighted by molar-refractivity contribution is -0.148. The summed E-state index contributed by atoms with van der Waals surface area (Å²) >= 11 is 0. The van der Waals surface area contributed by atoms with E-state index in [1.54, 1.807) is 54.6 Å². The van der Waals surface area contributed by atoms with Gasteiger partial charge in [0.25, 0.3) is 0 Å². The van der Waals surface area contributed by atoms with Gasteiger partial charge in [0.1, 0.15) is 48.3 Å². The second kappa shape index (κ2) is 24.3.